The van der Waals surface area contributed by atoms with E-state index in [9.17, 15) is 4.79 Å². The van der Waals surface area contributed by atoms with E-state index >= 15 is 0 Å². The van der Waals surface area contributed by atoms with Crippen LogP contribution in [0.3, 0.4) is 0 Å². The molecule has 0 aliphatic rings. The van der Waals surface area contributed by atoms with Crippen molar-refractivity contribution in [2.24, 2.45) is 5.92 Å². The predicted molar refractivity (Wildman–Crippen MR) is 44.6 cm³/mol. The molecule has 2 N–H and O–H groups in total. The molecular weight excluding hydrogens is 142 g/mol. The zero-order chi connectivity index (χ0) is 8.85. The third-order valence-corrected chi connectivity index (χ3v) is 1.48. The molecule has 3 nitrogen and oxygen atoms in total. The van der Waals surface area contributed by atoms with Crippen molar-refractivity contribution in [3.05, 3.63) is 0 Å². The Bertz CT molecular complexity index is 123. The highest BCUT2D eigenvalue weighted by atomic mass is 16.4. The van der Waals surface area contributed by atoms with E-state index in [1.165, 1.54) is 0 Å². The molecule has 0 aliphatic heterocycles. The topological polar surface area (TPSA) is 49.3 Å². The van der Waals surface area contributed by atoms with Crippen molar-refractivity contribution < 1.29 is 9.90 Å². The number of carbonyl (C=O) groups is 1. The minimum atomic E-state index is -0.756. The summed E-state index contributed by atoms with van der Waals surface area (Å²) in [5.41, 5.74) is 0. The lowest BCUT2D eigenvalue weighted by Crippen LogP contribution is -2.38. The molecule has 11 heavy (non-hydrogen) atoms. The van der Waals surface area contributed by atoms with Crippen molar-refractivity contribution in [1.82, 2.24) is 5.32 Å². The van der Waals surface area contributed by atoms with Gasteiger partial charge in [-0.05, 0) is 18.9 Å². The van der Waals surface area contributed by atoms with Gasteiger partial charge in [0.25, 0.3) is 0 Å². The van der Waals surface area contributed by atoms with Crippen molar-refractivity contribution in [1.29, 1.82) is 0 Å². The molecule has 0 saturated heterocycles. The summed E-state index contributed by atoms with van der Waals surface area (Å²) < 4.78 is 0. The van der Waals surface area contributed by atoms with Gasteiger partial charge in [-0.2, -0.15) is 0 Å². The fourth-order valence-electron chi connectivity index (χ4n) is 0.784. The number of hydrogen-bond acceptors (Lipinski definition) is 2. The second-order valence-electron chi connectivity index (χ2n) is 3.10. The average molecular weight is 159 g/mol. The standard InChI is InChI=1S/C8H17NO2/c1-4-7(8(10)11)9-5-6(2)3/h6-7,9H,4-5H2,1-3H3,(H,10,11)/t7-/m1/s1. The lowest BCUT2D eigenvalue weighted by molar-refractivity contribution is -0.139. The van der Waals surface area contributed by atoms with Crippen LogP contribution in [0.25, 0.3) is 0 Å². The van der Waals surface area contributed by atoms with Gasteiger partial charge in [0.05, 0.1) is 0 Å². The van der Waals surface area contributed by atoms with Gasteiger partial charge in [0.1, 0.15) is 6.04 Å². The van der Waals surface area contributed by atoms with E-state index in [1.807, 2.05) is 6.92 Å². The molecule has 0 spiro atoms. The first-order valence-electron chi connectivity index (χ1n) is 4.04. The molecule has 3 heteroatoms. The van der Waals surface area contributed by atoms with Crippen LogP contribution < -0.4 is 5.32 Å². The van der Waals surface area contributed by atoms with Gasteiger partial charge in [-0.1, -0.05) is 20.8 Å². The van der Waals surface area contributed by atoms with Crippen molar-refractivity contribution >= 4 is 5.97 Å². The molecule has 0 radical (unpaired) electrons. The third kappa shape index (κ3) is 4.79. The summed E-state index contributed by atoms with van der Waals surface area (Å²) in [6, 6.07) is -0.377. The smallest absolute Gasteiger partial charge is 0.320 e. The highest BCUT2D eigenvalue weighted by Gasteiger charge is 2.13. The minimum Gasteiger partial charge on any atom is -0.480 e. The quantitative estimate of drug-likeness (QED) is 0.631. The van der Waals surface area contributed by atoms with Gasteiger partial charge < -0.3 is 10.4 Å². The van der Waals surface area contributed by atoms with Crippen LogP contribution in [0.5, 0.6) is 0 Å². The maximum absolute atomic E-state index is 10.5. The number of rotatable bonds is 5. The molecular formula is C8H17NO2. The Kier molecular flexibility index (Phi) is 4.86. The van der Waals surface area contributed by atoms with Gasteiger partial charge in [-0.25, -0.2) is 0 Å². The van der Waals surface area contributed by atoms with Gasteiger partial charge >= 0.3 is 5.97 Å². The zero-order valence-electron chi connectivity index (χ0n) is 7.42. The molecule has 0 aromatic carbocycles. The maximum Gasteiger partial charge on any atom is 0.320 e. The van der Waals surface area contributed by atoms with Gasteiger partial charge in [0.15, 0.2) is 0 Å². The summed E-state index contributed by atoms with van der Waals surface area (Å²) in [7, 11) is 0. The Labute approximate surface area is 67.8 Å². The van der Waals surface area contributed by atoms with Crippen LogP contribution >= 0.6 is 0 Å². The highest BCUT2D eigenvalue weighted by Crippen LogP contribution is 1.94. The molecule has 66 valence electrons. The molecule has 0 heterocycles. The number of carboxylic acids is 1. The Balaban J connectivity index is 3.61. The van der Waals surface area contributed by atoms with E-state index in [1.54, 1.807) is 0 Å². The van der Waals surface area contributed by atoms with Crippen LogP contribution in [0.4, 0.5) is 0 Å². The lowest BCUT2D eigenvalue weighted by atomic mass is 10.2. The summed E-state index contributed by atoms with van der Waals surface area (Å²) in [6.07, 6.45) is 0.641. The van der Waals surface area contributed by atoms with Gasteiger partial charge in [-0.3, -0.25) is 4.79 Å². The Morgan fingerprint density at radius 3 is 2.36 bits per heavy atom. The summed E-state index contributed by atoms with van der Waals surface area (Å²) in [6.45, 7) is 6.75. The first-order valence-corrected chi connectivity index (χ1v) is 4.04. The van der Waals surface area contributed by atoms with Crippen molar-refractivity contribution in [2.45, 2.75) is 33.2 Å². The fraction of sp³-hybridized carbons (Fsp3) is 0.875. The van der Waals surface area contributed by atoms with E-state index in [0.29, 0.717) is 12.3 Å². The van der Waals surface area contributed by atoms with Crippen LogP contribution in [-0.4, -0.2) is 23.7 Å². The summed E-state index contributed by atoms with van der Waals surface area (Å²) >= 11 is 0. The number of hydrogen-bond donors (Lipinski definition) is 2. The number of aliphatic carboxylic acids is 1. The second-order valence-corrected chi connectivity index (χ2v) is 3.10. The molecule has 0 fully saturated rings. The SMILES string of the molecule is CC[C@@H](NCC(C)C)C(=O)O. The van der Waals surface area contributed by atoms with E-state index in [-0.39, 0.29) is 6.04 Å². The summed E-state index contributed by atoms with van der Waals surface area (Å²) in [5, 5.41) is 11.6. The second kappa shape index (κ2) is 5.13. The maximum atomic E-state index is 10.5. The average Bonchev–Trinajstić information content (AvgIpc) is 1.87. The van der Waals surface area contributed by atoms with Crippen LogP contribution in [0, 0.1) is 5.92 Å². The molecule has 0 rings (SSSR count). The normalized spacial score (nSPS) is 13.5. The number of nitrogens with one attached hydrogen (secondary N) is 1. The van der Waals surface area contributed by atoms with Crippen molar-refractivity contribution in [2.75, 3.05) is 6.54 Å². The number of carboxylic acid groups (broad SMARTS) is 1. The Morgan fingerprint density at radius 2 is 2.09 bits per heavy atom. The molecule has 0 unspecified atom stereocenters. The summed E-state index contributed by atoms with van der Waals surface area (Å²) in [5.74, 6) is -0.253. The highest BCUT2D eigenvalue weighted by molar-refractivity contribution is 5.73. The largest absolute Gasteiger partial charge is 0.480 e. The van der Waals surface area contributed by atoms with Crippen molar-refractivity contribution in [3.63, 3.8) is 0 Å². The molecule has 0 aromatic heterocycles. The molecule has 0 saturated carbocycles. The molecule has 0 bridgehead atoms. The zero-order valence-corrected chi connectivity index (χ0v) is 7.42. The first kappa shape index (κ1) is 10.4. The van der Waals surface area contributed by atoms with Crippen LogP contribution in [-0.2, 0) is 4.79 Å². The summed E-state index contributed by atoms with van der Waals surface area (Å²) in [4.78, 5) is 10.5. The predicted octanol–water partition coefficient (Wildman–Crippen LogP) is 1.10. The molecule has 0 amide bonds. The Hall–Kier alpha value is -0.570. The molecule has 0 aliphatic carbocycles. The van der Waals surface area contributed by atoms with E-state index in [2.05, 4.69) is 19.2 Å². The molecule has 0 aromatic rings. The van der Waals surface area contributed by atoms with Gasteiger partial charge in [0.2, 0.25) is 0 Å². The Morgan fingerprint density at radius 1 is 1.55 bits per heavy atom. The van der Waals surface area contributed by atoms with E-state index in [4.69, 9.17) is 5.11 Å². The fourth-order valence-corrected chi connectivity index (χ4v) is 0.784. The first-order chi connectivity index (χ1) is 5.07. The van der Waals surface area contributed by atoms with E-state index in [0.717, 1.165) is 6.54 Å². The lowest BCUT2D eigenvalue weighted by Gasteiger charge is -2.13. The monoisotopic (exact) mass is 159 g/mol. The minimum absolute atomic E-state index is 0.377. The third-order valence-electron chi connectivity index (χ3n) is 1.48. The van der Waals surface area contributed by atoms with E-state index < -0.39 is 5.97 Å². The van der Waals surface area contributed by atoms with Crippen LogP contribution in [0.1, 0.15) is 27.2 Å². The van der Waals surface area contributed by atoms with Gasteiger partial charge in [-0.15, -0.1) is 0 Å². The van der Waals surface area contributed by atoms with Gasteiger partial charge in [0, 0.05) is 0 Å². The van der Waals surface area contributed by atoms with Crippen LogP contribution in [0.2, 0.25) is 0 Å². The molecule has 1 atom stereocenters. The van der Waals surface area contributed by atoms with Crippen LogP contribution in [0.15, 0.2) is 0 Å². The van der Waals surface area contributed by atoms with Crippen molar-refractivity contribution in [3.8, 4) is 0 Å².